The second kappa shape index (κ2) is 4.94. The first-order valence-electron chi connectivity index (χ1n) is 6.65. The van der Waals surface area contributed by atoms with Gasteiger partial charge in [0.15, 0.2) is 0 Å². The van der Waals surface area contributed by atoms with Crippen LogP contribution in [0, 0.1) is 17.6 Å². The van der Waals surface area contributed by atoms with Crippen molar-refractivity contribution in [3.8, 4) is 0 Å². The topological polar surface area (TPSA) is 15.3 Å². The molecule has 1 heterocycles. The van der Waals surface area contributed by atoms with Gasteiger partial charge in [-0.05, 0) is 36.5 Å². The molecule has 2 fully saturated rings. The maximum absolute atomic E-state index is 13.4. The normalized spacial score (nSPS) is 23.0. The summed E-state index contributed by atoms with van der Waals surface area (Å²) < 4.78 is 26.7. The van der Waals surface area contributed by atoms with Crippen LogP contribution in [-0.2, 0) is 0 Å². The fourth-order valence-corrected chi connectivity index (χ4v) is 2.90. The van der Waals surface area contributed by atoms with Crippen molar-refractivity contribution in [2.45, 2.75) is 18.9 Å². The molecular formula is C14H18F2N2. The largest absolute Gasteiger partial charge is 0.314 e. The van der Waals surface area contributed by atoms with Crippen LogP contribution < -0.4 is 5.32 Å². The van der Waals surface area contributed by atoms with E-state index < -0.39 is 11.6 Å². The van der Waals surface area contributed by atoms with Crippen molar-refractivity contribution in [1.82, 2.24) is 10.2 Å². The summed E-state index contributed by atoms with van der Waals surface area (Å²) in [5, 5.41) is 3.31. The van der Waals surface area contributed by atoms with Gasteiger partial charge in [0.25, 0.3) is 0 Å². The SMILES string of the molecule is Fc1cc(F)cc([C@@H](C2CC2)N2CCNCC2)c1. The maximum atomic E-state index is 13.4. The lowest BCUT2D eigenvalue weighted by molar-refractivity contribution is 0.155. The number of nitrogens with one attached hydrogen (secondary N) is 1. The monoisotopic (exact) mass is 252 g/mol. The van der Waals surface area contributed by atoms with Crippen LogP contribution in [0.25, 0.3) is 0 Å². The van der Waals surface area contributed by atoms with Crippen molar-refractivity contribution >= 4 is 0 Å². The van der Waals surface area contributed by atoms with Crippen molar-refractivity contribution in [3.05, 3.63) is 35.4 Å². The van der Waals surface area contributed by atoms with Crippen molar-refractivity contribution < 1.29 is 8.78 Å². The average molecular weight is 252 g/mol. The summed E-state index contributed by atoms with van der Waals surface area (Å²) in [4.78, 5) is 2.36. The molecule has 0 spiro atoms. The molecule has 0 bridgehead atoms. The van der Waals surface area contributed by atoms with Crippen LogP contribution in [0.15, 0.2) is 18.2 Å². The smallest absolute Gasteiger partial charge is 0.126 e. The molecule has 1 saturated carbocycles. The Hall–Kier alpha value is -1.00. The van der Waals surface area contributed by atoms with Crippen LogP contribution in [0.2, 0.25) is 0 Å². The van der Waals surface area contributed by atoms with Gasteiger partial charge in [0.2, 0.25) is 0 Å². The zero-order valence-electron chi connectivity index (χ0n) is 10.3. The molecule has 1 aromatic rings. The molecule has 0 unspecified atom stereocenters. The summed E-state index contributed by atoms with van der Waals surface area (Å²) in [5.41, 5.74) is 0.803. The molecule has 2 aliphatic rings. The molecule has 1 atom stereocenters. The Balaban J connectivity index is 1.88. The third kappa shape index (κ3) is 2.54. The quantitative estimate of drug-likeness (QED) is 0.888. The third-order valence-corrected chi connectivity index (χ3v) is 3.84. The van der Waals surface area contributed by atoms with Gasteiger partial charge in [0.05, 0.1) is 0 Å². The number of nitrogens with zero attached hydrogens (tertiary/aromatic N) is 1. The molecule has 3 rings (SSSR count). The highest BCUT2D eigenvalue weighted by Crippen LogP contribution is 2.44. The molecule has 1 aliphatic carbocycles. The van der Waals surface area contributed by atoms with Crippen LogP contribution in [0.5, 0.6) is 0 Å². The highest BCUT2D eigenvalue weighted by molar-refractivity contribution is 5.23. The Bertz CT molecular complexity index is 406. The minimum Gasteiger partial charge on any atom is -0.314 e. The van der Waals surface area contributed by atoms with E-state index in [1.165, 1.54) is 25.0 Å². The fourth-order valence-electron chi connectivity index (χ4n) is 2.90. The van der Waals surface area contributed by atoms with Crippen molar-refractivity contribution in [2.75, 3.05) is 26.2 Å². The van der Waals surface area contributed by atoms with E-state index in [-0.39, 0.29) is 6.04 Å². The molecule has 1 aromatic carbocycles. The summed E-state index contributed by atoms with van der Waals surface area (Å²) >= 11 is 0. The summed E-state index contributed by atoms with van der Waals surface area (Å²) in [6.07, 6.45) is 2.35. The number of hydrogen-bond acceptors (Lipinski definition) is 2. The summed E-state index contributed by atoms with van der Waals surface area (Å²) in [6.45, 7) is 3.83. The van der Waals surface area contributed by atoms with Crippen LogP contribution in [0.1, 0.15) is 24.4 Å². The number of benzene rings is 1. The minimum absolute atomic E-state index is 0.192. The fraction of sp³-hybridized carbons (Fsp3) is 0.571. The molecule has 1 N–H and O–H groups in total. The van der Waals surface area contributed by atoms with Crippen molar-refractivity contribution in [1.29, 1.82) is 0 Å². The first-order chi connectivity index (χ1) is 8.74. The van der Waals surface area contributed by atoms with Gasteiger partial charge in [-0.25, -0.2) is 8.78 Å². The molecule has 2 nitrogen and oxygen atoms in total. The van der Waals surface area contributed by atoms with Crippen molar-refractivity contribution in [3.63, 3.8) is 0 Å². The third-order valence-electron chi connectivity index (χ3n) is 3.84. The van der Waals surface area contributed by atoms with E-state index in [9.17, 15) is 8.78 Å². The molecular weight excluding hydrogens is 234 g/mol. The zero-order valence-corrected chi connectivity index (χ0v) is 10.3. The summed E-state index contributed by atoms with van der Waals surface area (Å²) in [5.74, 6) is -0.360. The van der Waals surface area contributed by atoms with Crippen LogP contribution >= 0.6 is 0 Å². The zero-order chi connectivity index (χ0) is 12.5. The second-order valence-electron chi connectivity index (χ2n) is 5.27. The Kier molecular flexibility index (Phi) is 3.31. The van der Waals surface area contributed by atoms with Crippen LogP contribution in [-0.4, -0.2) is 31.1 Å². The average Bonchev–Trinajstić information content (AvgIpc) is 3.14. The van der Waals surface area contributed by atoms with Gasteiger partial charge >= 0.3 is 0 Å². The Labute approximate surface area is 106 Å². The predicted molar refractivity (Wildman–Crippen MR) is 66.3 cm³/mol. The van der Waals surface area contributed by atoms with Gasteiger partial charge in [0, 0.05) is 38.3 Å². The first-order valence-corrected chi connectivity index (χ1v) is 6.65. The van der Waals surface area contributed by atoms with Gasteiger partial charge in [-0.2, -0.15) is 0 Å². The minimum atomic E-state index is -0.467. The Morgan fingerprint density at radius 3 is 2.22 bits per heavy atom. The number of hydrogen-bond donors (Lipinski definition) is 1. The van der Waals surface area contributed by atoms with E-state index >= 15 is 0 Å². The Morgan fingerprint density at radius 2 is 1.67 bits per heavy atom. The second-order valence-corrected chi connectivity index (χ2v) is 5.27. The molecule has 1 saturated heterocycles. The van der Waals surface area contributed by atoms with Gasteiger partial charge in [-0.1, -0.05) is 0 Å². The first kappa shape index (κ1) is 12.1. The number of halogens is 2. The summed E-state index contributed by atoms with van der Waals surface area (Å²) in [7, 11) is 0. The lowest BCUT2D eigenvalue weighted by atomic mass is 9.99. The highest BCUT2D eigenvalue weighted by atomic mass is 19.1. The van der Waals surface area contributed by atoms with E-state index in [4.69, 9.17) is 0 Å². The Morgan fingerprint density at radius 1 is 1.06 bits per heavy atom. The van der Waals surface area contributed by atoms with Gasteiger partial charge in [0.1, 0.15) is 11.6 Å². The molecule has 0 aromatic heterocycles. The molecule has 0 amide bonds. The predicted octanol–water partition coefficient (Wildman–Crippen LogP) is 2.32. The van der Waals surface area contributed by atoms with Gasteiger partial charge < -0.3 is 5.32 Å². The van der Waals surface area contributed by atoms with Crippen LogP contribution in [0.3, 0.4) is 0 Å². The highest BCUT2D eigenvalue weighted by Gasteiger charge is 2.37. The lowest BCUT2D eigenvalue weighted by Crippen LogP contribution is -2.45. The maximum Gasteiger partial charge on any atom is 0.126 e. The van der Waals surface area contributed by atoms with E-state index in [0.717, 1.165) is 37.8 Å². The van der Waals surface area contributed by atoms with E-state index in [1.807, 2.05) is 0 Å². The van der Waals surface area contributed by atoms with Crippen molar-refractivity contribution in [2.24, 2.45) is 5.92 Å². The van der Waals surface area contributed by atoms with E-state index in [1.54, 1.807) is 0 Å². The number of rotatable bonds is 3. The lowest BCUT2D eigenvalue weighted by Gasteiger charge is -2.35. The molecule has 18 heavy (non-hydrogen) atoms. The molecule has 1 aliphatic heterocycles. The molecule has 98 valence electrons. The summed E-state index contributed by atoms with van der Waals surface area (Å²) in [6, 6.07) is 4.13. The van der Waals surface area contributed by atoms with Gasteiger partial charge in [-0.15, -0.1) is 0 Å². The van der Waals surface area contributed by atoms with E-state index in [0.29, 0.717) is 5.92 Å². The van der Waals surface area contributed by atoms with E-state index in [2.05, 4.69) is 10.2 Å². The van der Waals surface area contributed by atoms with Crippen LogP contribution in [0.4, 0.5) is 8.78 Å². The standard InChI is InChI=1S/C14H18F2N2/c15-12-7-11(8-13(16)9-12)14(10-1-2-10)18-5-3-17-4-6-18/h7-10,14,17H,1-6H2/t14-/m1/s1. The number of piperazine rings is 1. The molecule has 4 heteroatoms. The van der Waals surface area contributed by atoms with Gasteiger partial charge in [-0.3, -0.25) is 4.90 Å². The molecule has 0 radical (unpaired) electrons.